The summed E-state index contributed by atoms with van der Waals surface area (Å²) in [4.78, 5) is 2.46. The van der Waals surface area contributed by atoms with Gasteiger partial charge in [-0.2, -0.15) is 0 Å². The molecule has 88 valence electrons. The van der Waals surface area contributed by atoms with E-state index in [-0.39, 0.29) is 6.61 Å². The van der Waals surface area contributed by atoms with Crippen LogP contribution in [0.1, 0.15) is 37.8 Å². The molecule has 0 amide bonds. The molecule has 1 aromatic rings. The maximum Gasteiger partial charge on any atom is 0.0472 e. The van der Waals surface area contributed by atoms with Crippen molar-refractivity contribution in [1.29, 1.82) is 0 Å². The molecule has 1 heterocycles. The molecule has 2 rings (SSSR count). The van der Waals surface area contributed by atoms with Crippen LogP contribution in [0.25, 0.3) is 0 Å². The lowest BCUT2D eigenvalue weighted by Gasteiger charge is -2.26. The molecule has 0 spiro atoms. The van der Waals surface area contributed by atoms with Crippen LogP contribution in [0.2, 0.25) is 0 Å². The largest absolute Gasteiger partial charge is 0.396 e. The summed E-state index contributed by atoms with van der Waals surface area (Å²) in [6.07, 6.45) is 0.763. The first-order chi connectivity index (χ1) is 7.65. The Bertz CT molecular complexity index is 373. The molecular weight excluding hydrogens is 198 g/mol. The van der Waals surface area contributed by atoms with E-state index in [1.54, 1.807) is 0 Å². The maximum absolute atomic E-state index is 9.12. The van der Waals surface area contributed by atoms with Gasteiger partial charge in [0.25, 0.3) is 0 Å². The second kappa shape index (κ2) is 4.46. The van der Waals surface area contributed by atoms with Gasteiger partial charge in [-0.15, -0.1) is 0 Å². The topological polar surface area (TPSA) is 23.5 Å². The highest BCUT2D eigenvalue weighted by molar-refractivity contribution is 5.65. The highest BCUT2D eigenvalue weighted by Gasteiger charge is 2.28. The molecule has 1 aliphatic rings. The van der Waals surface area contributed by atoms with Crippen LogP contribution in [-0.2, 0) is 6.42 Å². The Morgan fingerprint density at radius 3 is 2.81 bits per heavy atom. The van der Waals surface area contributed by atoms with E-state index in [4.69, 9.17) is 5.11 Å². The second-order valence-corrected chi connectivity index (χ2v) is 4.98. The molecule has 1 N–H and O–H groups in total. The van der Waals surface area contributed by atoms with Gasteiger partial charge in [0.1, 0.15) is 0 Å². The Balaban J connectivity index is 2.45. The van der Waals surface area contributed by atoms with Crippen molar-refractivity contribution in [2.75, 3.05) is 18.1 Å². The van der Waals surface area contributed by atoms with Crippen LogP contribution in [0, 0.1) is 0 Å². The fourth-order valence-corrected chi connectivity index (χ4v) is 2.64. The Labute approximate surface area is 97.9 Å². The zero-order chi connectivity index (χ0) is 11.7. The van der Waals surface area contributed by atoms with Crippen molar-refractivity contribution in [2.45, 2.75) is 39.2 Å². The SMILES string of the molecule is CC1CN(C(C)C)c2c(CCO)cccc21. The van der Waals surface area contributed by atoms with E-state index < -0.39 is 0 Å². The van der Waals surface area contributed by atoms with Crippen LogP contribution in [0.3, 0.4) is 0 Å². The smallest absolute Gasteiger partial charge is 0.0472 e. The Kier molecular flexibility index (Phi) is 3.20. The predicted octanol–water partition coefficient (Wildman–Crippen LogP) is 2.55. The van der Waals surface area contributed by atoms with E-state index in [0.717, 1.165) is 13.0 Å². The highest BCUT2D eigenvalue weighted by atomic mass is 16.2. The van der Waals surface area contributed by atoms with Crippen LogP contribution >= 0.6 is 0 Å². The summed E-state index contributed by atoms with van der Waals surface area (Å²) in [7, 11) is 0. The average Bonchev–Trinajstić information content (AvgIpc) is 2.58. The van der Waals surface area contributed by atoms with Gasteiger partial charge in [0, 0.05) is 30.8 Å². The van der Waals surface area contributed by atoms with Gasteiger partial charge in [-0.05, 0) is 31.4 Å². The summed E-state index contributed by atoms with van der Waals surface area (Å²) >= 11 is 0. The third kappa shape index (κ3) is 1.82. The highest BCUT2D eigenvalue weighted by Crippen LogP contribution is 2.39. The second-order valence-electron chi connectivity index (χ2n) is 4.98. The first-order valence-electron chi connectivity index (χ1n) is 6.14. The molecule has 0 fully saturated rings. The van der Waals surface area contributed by atoms with Crippen LogP contribution in [0.4, 0.5) is 5.69 Å². The van der Waals surface area contributed by atoms with E-state index >= 15 is 0 Å². The Morgan fingerprint density at radius 2 is 2.19 bits per heavy atom. The number of aliphatic hydroxyl groups is 1. The van der Waals surface area contributed by atoms with Crippen molar-refractivity contribution >= 4 is 5.69 Å². The normalized spacial score (nSPS) is 19.3. The van der Waals surface area contributed by atoms with Crippen LogP contribution in [0.15, 0.2) is 18.2 Å². The van der Waals surface area contributed by atoms with Gasteiger partial charge in [0.2, 0.25) is 0 Å². The number of aliphatic hydroxyl groups excluding tert-OH is 1. The molecule has 1 aliphatic heterocycles. The average molecular weight is 219 g/mol. The summed E-state index contributed by atoms with van der Waals surface area (Å²) in [5.41, 5.74) is 4.11. The van der Waals surface area contributed by atoms with Crippen LogP contribution in [-0.4, -0.2) is 24.3 Å². The maximum atomic E-state index is 9.12. The Hall–Kier alpha value is -1.02. The lowest BCUT2D eigenvalue weighted by Crippen LogP contribution is -2.29. The minimum absolute atomic E-state index is 0.233. The van der Waals surface area contributed by atoms with E-state index in [9.17, 15) is 0 Å². The lowest BCUT2D eigenvalue weighted by atomic mass is 9.99. The Morgan fingerprint density at radius 1 is 1.44 bits per heavy atom. The molecule has 0 saturated heterocycles. The third-order valence-corrected chi connectivity index (χ3v) is 3.44. The van der Waals surface area contributed by atoms with Crippen molar-refractivity contribution in [3.05, 3.63) is 29.3 Å². The molecule has 1 aromatic carbocycles. The van der Waals surface area contributed by atoms with Gasteiger partial charge >= 0.3 is 0 Å². The molecule has 2 heteroatoms. The molecule has 0 radical (unpaired) electrons. The molecule has 0 aromatic heterocycles. The zero-order valence-corrected chi connectivity index (χ0v) is 10.4. The summed E-state index contributed by atoms with van der Waals surface area (Å²) in [6, 6.07) is 7.01. The summed E-state index contributed by atoms with van der Waals surface area (Å²) in [5.74, 6) is 0.607. The van der Waals surface area contributed by atoms with Gasteiger partial charge in [-0.1, -0.05) is 25.1 Å². The molecule has 16 heavy (non-hydrogen) atoms. The molecule has 1 atom stereocenters. The van der Waals surface area contributed by atoms with Crippen molar-refractivity contribution in [2.24, 2.45) is 0 Å². The van der Waals surface area contributed by atoms with E-state index in [1.807, 2.05) is 0 Å². The zero-order valence-electron chi connectivity index (χ0n) is 10.4. The number of anilines is 1. The van der Waals surface area contributed by atoms with Gasteiger partial charge in [0.15, 0.2) is 0 Å². The fourth-order valence-electron chi connectivity index (χ4n) is 2.64. The third-order valence-electron chi connectivity index (χ3n) is 3.44. The van der Waals surface area contributed by atoms with Crippen LogP contribution < -0.4 is 4.90 Å². The summed E-state index contributed by atoms with van der Waals surface area (Å²) in [6.45, 7) is 8.09. The number of hydrogen-bond donors (Lipinski definition) is 1. The molecular formula is C14H21NO. The molecule has 0 bridgehead atoms. The van der Waals surface area contributed by atoms with Crippen molar-refractivity contribution in [1.82, 2.24) is 0 Å². The summed E-state index contributed by atoms with van der Waals surface area (Å²) in [5, 5.41) is 9.12. The number of benzene rings is 1. The molecule has 2 nitrogen and oxygen atoms in total. The number of nitrogens with zero attached hydrogens (tertiary/aromatic N) is 1. The predicted molar refractivity (Wildman–Crippen MR) is 68.1 cm³/mol. The van der Waals surface area contributed by atoms with Crippen molar-refractivity contribution < 1.29 is 5.11 Å². The van der Waals surface area contributed by atoms with Gasteiger partial charge < -0.3 is 10.0 Å². The standard InChI is InChI=1S/C14H21NO/c1-10(2)15-9-11(3)13-6-4-5-12(7-8-16)14(13)15/h4-6,10-11,16H,7-9H2,1-3H3. The number of hydrogen-bond acceptors (Lipinski definition) is 2. The number of para-hydroxylation sites is 1. The fraction of sp³-hybridized carbons (Fsp3) is 0.571. The number of rotatable bonds is 3. The minimum Gasteiger partial charge on any atom is -0.396 e. The van der Waals surface area contributed by atoms with E-state index in [1.165, 1.54) is 16.8 Å². The lowest BCUT2D eigenvalue weighted by molar-refractivity contribution is 0.299. The van der Waals surface area contributed by atoms with Gasteiger partial charge in [-0.3, -0.25) is 0 Å². The first kappa shape index (κ1) is 11.5. The number of fused-ring (bicyclic) bond motifs is 1. The molecule has 1 unspecified atom stereocenters. The van der Waals surface area contributed by atoms with Crippen molar-refractivity contribution in [3.63, 3.8) is 0 Å². The van der Waals surface area contributed by atoms with Crippen molar-refractivity contribution in [3.8, 4) is 0 Å². The first-order valence-corrected chi connectivity index (χ1v) is 6.14. The van der Waals surface area contributed by atoms with Gasteiger partial charge in [-0.25, -0.2) is 0 Å². The summed E-state index contributed by atoms with van der Waals surface area (Å²) < 4.78 is 0. The monoisotopic (exact) mass is 219 g/mol. The minimum atomic E-state index is 0.233. The molecule has 0 saturated carbocycles. The van der Waals surface area contributed by atoms with E-state index in [2.05, 4.69) is 43.9 Å². The van der Waals surface area contributed by atoms with Gasteiger partial charge in [0.05, 0.1) is 0 Å². The van der Waals surface area contributed by atoms with E-state index in [0.29, 0.717) is 12.0 Å². The van der Waals surface area contributed by atoms with Crippen LogP contribution in [0.5, 0.6) is 0 Å². The quantitative estimate of drug-likeness (QED) is 0.844. The molecule has 0 aliphatic carbocycles.